The molecule has 2 heterocycles. The number of aromatic nitrogens is 5. The van der Waals surface area contributed by atoms with Crippen LogP contribution in [0.1, 0.15) is 35.8 Å². The molecule has 28 heavy (non-hydrogen) atoms. The Bertz CT molecular complexity index is 1110. The number of imidazole rings is 1. The second-order valence-electron chi connectivity index (χ2n) is 6.61. The molecule has 0 spiro atoms. The summed E-state index contributed by atoms with van der Waals surface area (Å²) in [6.45, 7) is 2.15. The molecule has 0 fully saturated rings. The fourth-order valence-corrected chi connectivity index (χ4v) is 2.97. The van der Waals surface area contributed by atoms with Crippen LogP contribution in [0, 0.1) is 0 Å². The van der Waals surface area contributed by atoms with Gasteiger partial charge < -0.3 is 16.0 Å². The van der Waals surface area contributed by atoms with E-state index in [2.05, 4.69) is 32.5 Å². The van der Waals surface area contributed by atoms with Gasteiger partial charge in [-0.3, -0.25) is 4.79 Å². The number of unbranched alkanes of at least 4 members (excludes halogenated alkanes) is 1. The third-order valence-corrected chi connectivity index (χ3v) is 4.48. The van der Waals surface area contributed by atoms with Crippen LogP contribution in [0.4, 0.5) is 11.6 Å². The van der Waals surface area contributed by atoms with E-state index in [0.29, 0.717) is 17.2 Å². The van der Waals surface area contributed by atoms with Gasteiger partial charge in [0.25, 0.3) is 5.91 Å². The average Bonchev–Trinajstić information content (AvgIpc) is 3.31. The largest absolute Gasteiger partial charge is 0.369 e. The molecule has 0 aliphatic rings. The van der Waals surface area contributed by atoms with E-state index >= 15 is 0 Å². The molecule has 0 unspecified atom stereocenters. The van der Waals surface area contributed by atoms with Gasteiger partial charge in [-0.1, -0.05) is 18.6 Å². The van der Waals surface area contributed by atoms with E-state index in [9.17, 15) is 4.79 Å². The summed E-state index contributed by atoms with van der Waals surface area (Å²) < 4.78 is 1.73. The zero-order chi connectivity index (χ0) is 19.5. The van der Waals surface area contributed by atoms with Crippen LogP contribution in [0.25, 0.3) is 16.7 Å². The first-order valence-electron chi connectivity index (χ1n) is 9.20. The molecule has 0 aliphatic heterocycles. The number of fused-ring (bicyclic) bond motifs is 1. The monoisotopic (exact) mass is 375 g/mol. The van der Waals surface area contributed by atoms with Crippen molar-refractivity contribution in [3.63, 3.8) is 0 Å². The third-order valence-electron chi connectivity index (χ3n) is 4.48. The van der Waals surface area contributed by atoms with Crippen LogP contribution < -0.4 is 11.1 Å². The number of carbonyl (C=O) groups is 1. The van der Waals surface area contributed by atoms with Crippen LogP contribution in [0.2, 0.25) is 0 Å². The minimum Gasteiger partial charge on any atom is -0.369 e. The summed E-state index contributed by atoms with van der Waals surface area (Å²) in [6, 6.07) is 12.6. The van der Waals surface area contributed by atoms with E-state index in [1.807, 2.05) is 24.4 Å². The summed E-state index contributed by atoms with van der Waals surface area (Å²) >= 11 is 0. The SMILES string of the molecule is CCCCc1cn(-c2ccc(C(=O)Nc3ccc4nc(N)[nH]c4c3)cc2)nn1. The summed E-state index contributed by atoms with van der Waals surface area (Å²) in [5.41, 5.74) is 10.2. The number of hydrogen-bond acceptors (Lipinski definition) is 5. The Kier molecular flexibility index (Phi) is 4.76. The third kappa shape index (κ3) is 3.71. The maximum atomic E-state index is 12.5. The van der Waals surface area contributed by atoms with Gasteiger partial charge in [0.1, 0.15) is 0 Å². The number of aromatic amines is 1. The smallest absolute Gasteiger partial charge is 0.255 e. The minimum absolute atomic E-state index is 0.194. The number of nitrogen functional groups attached to an aromatic ring is 1. The molecule has 0 saturated carbocycles. The topological polar surface area (TPSA) is 115 Å². The van der Waals surface area contributed by atoms with Crippen LogP contribution in [0.5, 0.6) is 0 Å². The molecule has 4 rings (SSSR count). The maximum Gasteiger partial charge on any atom is 0.255 e. The predicted octanol–water partition coefficient (Wildman–Crippen LogP) is 3.32. The highest BCUT2D eigenvalue weighted by Crippen LogP contribution is 2.19. The van der Waals surface area contributed by atoms with Gasteiger partial charge in [-0.2, -0.15) is 0 Å². The van der Waals surface area contributed by atoms with Crippen molar-refractivity contribution in [2.75, 3.05) is 11.1 Å². The van der Waals surface area contributed by atoms with Crippen molar-refractivity contribution in [3.8, 4) is 5.69 Å². The number of amides is 1. The zero-order valence-electron chi connectivity index (χ0n) is 15.5. The quantitative estimate of drug-likeness (QED) is 0.478. The molecular weight excluding hydrogens is 354 g/mol. The summed E-state index contributed by atoms with van der Waals surface area (Å²) in [7, 11) is 0. The number of aryl methyl sites for hydroxylation is 1. The number of nitrogens with one attached hydrogen (secondary N) is 2. The number of benzene rings is 2. The predicted molar refractivity (Wildman–Crippen MR) is 108 cm³/mol. The summed E-state index contributed by atoms with van der Waals surface area (Å²) in [6.07, 6.45) is 5.06. The van der Waals surface area contributed by atoms with Crippen LogP contribution in [0.3, 0.4) is 0 Å². The Hall–Kier alpha value is -3.68. The van der Waals surface area contributed by atoms with Crippen molar-refractivity contribution in [1.29, 1.82) is 0 Å². The van der Waals surface area contributed by atoms with Crippen molar-refractivity contribution in [3.05, 3.63) is 59.9 Å². The Morgan fingerprint density at radius 1 is 1.21 bits per heavy atom. The molecule has 0 radical (unpaired) electrons. The van der Waals surface area contributed by atoms with Gasteiger partial charge in [0.15, 0.2) is 5.95 Å². The zero-order valence-corrected chi connectivity index (χ0v) is 15.5. The average molecular weight is 375 g/mol. The fourth-order valence-electron chi connectivity index (χ4n) is 2.97. The van der Waals surface area contributed by atoms with E-state index in [4.69, 9.17) is 5.73 Å². The second-order valence-corrected chi connectivity index (χ2v) is 6.61. The van der Waals surface area contributed by atoms with Gasteiger partial charge in [0.05, 0.1) is 28.6 Å². The molecule has 0 saturated heterocycles. The molecule has 0 aliphatic carbocycles. The highest BCUT2D eigenvalue weighted by atomic mass is 16.1. The summed E-state index contributed by atoms with van der Waals surface area (Å²) in [5, 5.41) is 11.2. The highest BCUT2D eigenvalue weighted by molar-refractivity contribution is 6.05. The normalized spacial score (nSPS) is 11.0. The van der Waals surface area contributed by atoms with Crippen LogP contribution >= 0.6 is 0 Å². The molecule has 142 valence electrons. The maximum absolute atomic E-state index is 12.5. The first-order valence-corrected chi connectivity index (χ1v) is 9.20. The van der Waals surface area contributed by atoms with Crippen molar-refractivity contribution in [2.24, 2.45) is 0 Å². The Balaban J connectivity index is 1.46. The minimum atomic E-state index is -0.194. The van der Waals surface area contributed by atoms with Crippen molar-refractivity contribution < 1.29 is 4.79 Å². The molecule has 1 amide bonds. The lowest BCUT2D eigenvalue weighted by Crippen LogP contribution is -2.11. The van der Waals surface area contributed by atoms with Gasteiger partial charge in [0, 0.05) is 11.3 Å². The molecule has 2 aromatic carbocycles. The lowest BCUT2D eigenvalue weighted by atomic mass is 10.2. The molecule has 8 nitrogen and oxygen atoms in total. The number of nitrogens with two attached hydrogens (primary N) is 1. The summed E-state index contributed by atoms with van der Waals surface area (Å²) in [4.78, 5) is 19.6. The number of H-pyrrole nitrogens is 1. The van der Waals surface area contributed by atoms with Crippen molar-refractivity contribution in [1.82, 2.24) is 25.0 Å². The molecule has 4 N–H and O–H groups in total. The number of hydrogen-bond donors (Lipinski definition) is 3. The highest BCUT2D eigenvalue weighted by Gasteiger charge is 2.09. The van der Waals surface area contributed by atoms with Crippen LogP contribution in [-0.4, -0.2) is 30.9 Å². The number of rotatable bonds is 6. The molecule has 0 atom stereocenters. The Morgan fingerprint density at radius 3 is 2.82 bits per heavy atom. The molecule has 0 bridgehead atoms. The van der Waals surface area contributed by atoms with E-state index in [1.165, 1.54) is 0 Å². The Labute approximate surface area is 161 Å². The van der Waals surface area contributed by atoms with E-state index in [-0.39, 0.29) is 5.91 Å². The van der Waals surface area contributed by atoms with Gasteiger partial charge in [-0.05, 0) is 55.3 Å². The number of nitrogens with zero attached hydrogens (tertiary/aromatic N) is 4. The standard InChI is InChI=1S/C20H21N7O/c1-2-3-4-15-12-27(26-25-15)16-8-5-13(6-9-16)19(28)22-14-7-10-17-18(11-14)24-20(21)23-17/h5-12H,2-4H2,1H3,(H,22,28)(H3,21,23,24). The first-order chi connectivity index (χ1) is 13.6. The molecular formula is C20H21N7O. The van der Waals surface area contributed by atoms with Gasteiger partial charge >= 0.3 is 0 Å². The molecule has 4 aromatic rings. The van der Waals surface area contributed by atoms with E-state index in [1.54, 1.807) is 28.9 Å². The van der Waals surface area contributed by atoms with E-state index in [0.717, 1.165) is 41.7 Å². The first kappa shape index (κ1) is 17.7. The van der Waals surface area contributed by atoms with Gasteiger partial charge in [-0.25, -0.2) is 9.67 Å². The van der Waals surface area contributed by atoms with Gasteiger partial charge in [0.2, 0.25) is 0 Å². The number of carbonyl (C=O) groups excluding carboxylic acids is 1. The lowest BCUT2D eigenvalue weighted by molar-refractivity contribution is 0.102. The lowest BCUT2D eigenvalue weighted by Gasteiger charge is -2.06. The second kappa shape index (κ2) is 7.51. The molecule has 8 heteroatoms. The van der Waals surface area contributed by atoms with Crippen molar-refractivity contribution >= 4 is 28.6 Å². The van der Waals surface area contributed by atoms with E-state index < -0.39 is 0 Å². The molecule has 2 aromatic heterocycles. The van der Waals surface area contributed by atoms with Crippen LogP contribution in [-0.2, 0) is 6.42 Å². The van der Waals surface area contributed by atoms with Gasteiger partial charge in [-0.15, -0.1) is 5.10 Å². The van der Waals surface area contributed by atoms with Crippen LogP contribution in [0.15, 0.2) is 48.7 Å². The Morgan fingerprint density at radius 2 is 2.04 bits per heavy atom. The summed E-state index contributed by atoms with van der Waals surface area (Å²) in [5.74, 6) is 0.153. The number of anilines is 2. The fraction of sp³-hybridized carbons (Fsp3) is 0.200. The van der Waals surface area contributed by atoms with Crippen molar-refractivity contribution in [2.45, 2.75) is 26.2 Å².